The summed E-state index contributed by atoms with van der Waals surface area (Å²) in [7, 11) is 0. The third kappa shape index (κ3) is 6.16. The highest BCUT2D eigenvalue weighted by molar-refractivity contribution is 5.82. The van der Waals surface area contributed by atoms with Gasteiger partial charge in [-0.2, -0.15) is 0 Å². The van der Waals surface area contributed by atoms with Crippen molar-refractivity contribution in [1.82, 2.24) is 0 Å². The van der Waals surface area contributed by atoms with Crippen molar-refractivity contribution >= 4 is 5.84 Å². The van der Waals surface area contributed by atoms with Crippen molar-refractivity contribution in [3.05, 3.63) is 0 Å². The molecule has 0 unspecified atom stereocenters. The molecule has 0 aromatic heterocycles. The van der Waals surface area contributed by atoms with Gasteiger partial charge in [-0.3, -0.25) is 4.99 Å². The molecule has 0 fully saturated rings. The maximum Gasteiger partial charge on any atom is 0.0963 e. The molecule has 0 aliphatic heterocycles. The summed E-state index contributed by atoms with van der Waals surface area (Å²) in [5, 5.41) is 0. The van der Waals surface area contributed by atoms with Crippen LogP contribution in [0.2, 0.25) is 0 Å². The van der Waals surface area contributed by atoms with Gasteiger partial charge in [-0.05, 0) is 13.8 Å². The summed E-state index contributed by atoms with van der Waals surface area (Å²) >= 11 is 0. The molecular formula is C9H20N2O. The number of amidine groups is 1. The van der Waals surface area contributed by atoms with Crippen LogP contribution in [-0.2, 0) is 4.74 Å². The van der Waals surface area contributed by atoms with Crippen LogP contribution in [0.3, 0.4) is 0 Å². The fraction of sp³-hybridized carbons (Fsp3) is 0.889. The van der Waals surface area contributed by atoms with E-state index < -0.39 is 0 Å². The lowest BCUT2D eigenvalue weighted by molar-refractivity contribution is 0.0853. The number of hydrogen-bond donors (Lipinski definition) is 1. The van der Waals surface area contributed by atoms with Crippen molar-refractivity contribution in [2.45, 2.75) is 33.8 Å². The topological polar surface area (TPSA) is 47.6 Å². The molecule has 72 valence electrons. The molecule has 2 N–H and O–H groups in total. The van der Waals surface area contributed by atoms with E-state index in [1.807, 2.05) is 27.7 Å². The van der Waals surface area contributed by atoms with E-state index in [1.54, 1.807) is 0 Å². The van der Waals surface area contributed by atoms with Gasteiger partial charge in [0.2, 0.25) is 0 Å². The predicted molar refractivity (Wildman–Crippen MR) is 52.4 cm³/mol. The molecule has 0 saturated heterocycles. The van der Waals surface area contributed by atoms with Gasteiger partial charge in [-0.1, -0.05) is 13.8 Å². The molecule has 0 aromatic carbocycles. The fourth-order valence-corrected chi connectivity index (χ4v) is 0.646. The molecule has 0 atom stereocenters. The van der Waals surface area contributed by atoms with E-state index in [0.29, 0.717) is 24.9 Å². The van der Waals surface area contributed by atoms with Crippen LogP contribution in [0.4, 0.5) is 0 Å². The van der Waals surface area contributed by atoms with Crippen LogP contribution in [0, 0.1) is 5.92 Å². The first kappa shape index (κ1) is 11.4. The number of hydrogen-bond acceptors (Lipinski definition) is 2. The van der Waals surface area contributed by atoms with Crippen LogP contribution < -0.4 is 5.73 Å². The third-order valence-corrected chi connectivity index (χ3v) is 1.43. The number of ether oxygens (including phenoxy) is 1. The number of rotatable bonds is 5. The zero-order chi connectivity index (χ0) is 9.56. The summed E-state index contributed by atoms with van der Waals surface area (Å²) in [5.41, 5.74) is 5.63. The lowest BCUT2D eigenvalue weighted by Crippen LogP contribution is -2.20. The van der Waals surface area contributed by atoms with E-state index in [2.05, 4.69) is 4.99 Å². The molecule has 0 heterocycles. The second-order valence-electron chi connectivity index (χ2n) is 3.38. The Morgan fingerprint density at radius 3 is 2.33 bits per heavy atom. The van der Waals surface area contributed by atoms with Crippen LogP contribution in [-0.4, -0.2) is 25.1 Å². The van der Waals surface area contributed by atoms with Crippen molar-refractivity contribution in [3.8, 4) is 0 Å². The highest BCUT2D eigenvalue weighted by Gasteiger charge is 1.97. The number of aliphatic imine (C=N–C) groups is 1. The monoisotopic (exact) mass is 172 g/mol. The SMILES string of the molecule is CC(C)OCCN=C(N)C(C)C. The van der Waals surface area contributed by atoms with Crippen LogP contribution in [0.1, 0.15) is 27.7 Å². The van der Waals surface area contributed by atoms with Crippen LogP contribution in [0.5, 0.6) is 0 Å². The van der Waals surface area contributed by atoms with E-state index in [1.165, 1.54) is 0 Å². The quantitative estimate of drug-likeness (QED) is 0.387. The molecule has 0 amide bonds. The average Bonchev–Trinajstić information content (AvgIpc) is 1.97. The van der Waals surface area contributed by atoms with E-state index in [4.69, 9.17) is 10.5 Å². The lowest BCUT2D eigenvalue weighted by atomic mass is 10.2. The summed E-state index contributed by atoms with van der Waals surface area (Å²) in [6, 6.07) is 0. The van der Waals surface area contributed by atoms with Crippen molar-refractivity contribution in [3.63, 3.8) is 0 Å². The van der Waals surface area contributed by atoms with Crippen molar-refractivity contribution in [2.24, 2.45) is 16.6 Å². The molecule has 3 heteroatoms. The van der Waals surface area contributed by atoms with Gasteiger partial charge in [0.1, 0.15) is 0 Å². The highest BCUT2D eigenvalue weighted by atomic mass is 16.5. The number of nitrogens with zero attached hydrogens (tertiary/aromatic N) is 1. The zero-order valence-corrected chi connectivity index (χ0v) is 8.50. The molecule has 0 aliphatic carbocycles. The Morgan fingerprint density at radius 2 is 1.92 bits per heavy atom. The van der Waals surface area contributed by atoms with Gasteiger partial charge in [-0.25, -0.2) is 0 Å². The minimum absolute atomic E-state index is 0.278. The van der Waals surface area contributed by atoms with Gasteiger partial charge < -0.3 is 10.5 Å². The van der Waals surface area contributed by atoms with Gasteiger partial charge in [0, 0.05) is 5.92 Å². The van der Waals surface area contributed by atoms with E-state index in [9.17, 15) is 0 Å². The van der Waals surface area contributed by atoms with Crippen LogP contribution in [0.25, 0.3) is 0 Å². The molecule has 0 spiro atoms. The first-order chi connectivity index (χ1) is 5.54. The van der Waals surface area contributed by atoms with Gasteiger partial charge in [0.05, 0.1) is 25.1 Å². The Balaban J connectivity index is 3.47. The Labute approximate surface area is 75.0 Å². The molecule has 12 heavy (non-hydrogen) atoms. The van der Waals surface area contributed by atoms with Crippen LogP contribution in [0.15, 0.2) is 4.99 Å². The third-order valence-electron chi connectivity index (χ3n) is 1.43. The normalized spacial score (nSPS) is 13.0. The summed E-state index contributed by atoms with van der Waals surface area (Å²) in [6.07, 6.45) is 0.278. The Kier molecular flexibility index (Phi) is 5.72. The molecule has 0 aromatic rings. The van der Waals surface area contributed by atoms with E-state index in [-0.39, 0.29) is 6.10 Å². The zero-order valence-electron chi connectivity index (χ0n) is 8.50. The Morgan fingerprint density at radius 1 is 1.33 bits per heavy atom. The van der Waals surface area contributed by atoms with Gasteiger partial charge in [-0.15, -0.1) is 0 Å². The largest absolute Gasteiger partial charge is 0.387 e. The Hall–Kier alpha value is -0.570. The van der Waals surface area contributed by atoms with Crippen molar-refractivity contribution < 1.29 is 4.74 Å². The maximum atomic E-state index is 5.63. The van der Waals surface area contributed by atoms with E-state index in [0.717, 1.165) is 0 Å². The summed E-state index contributed by atoms with van der Waals surface area (Å²) < 4.78 is 5.31. The fourth-order valence-electron chi connectivity index (χ4n) is 0.646. The highest BCUT2D eigenvalue weighted by Crippen LogP contribution is 1.92. The first-order valence-corrected chi connectivity index (χ1v) is 4.45. The smallest absolute Gasteiger partial charge is 0.0963 e. The molecule has 0 bridgehead atoms. The maximum absolute atomic E-state index is 5.63. The Bertz CT molecular complexity index is 141. The summed E-state index contributed by atoms with van der Waals surface area (Å²) in [5.74, 6) is 1.05. The minimum Gasteiger partial charge on any atom is -0.387 e. The van der Waals surface area contributed by atoms with Crippen LogP contribution >= 0.6 is 0 Å². The molecule has 0 aliphatic rings. The summed E-state index contributed by atoms with van der Waals surface area (Å²) in [4.78, 5) is 4.17. The van der Waals surface area contributed by atoms with E-state index >= 15 is 0 Å². The molecule has 3 nitrogen and oxygen atoms in total. The summed E-state index contributed by atoms with van der Waals surface area (Å²) in [6.45, 7) is 9.41. The average molecular weight is 172 g/mol. The van der Waals surface area contributed by atoms with Gasteiger partial charge >= 0.3 is 0 Å². The predicted octanol–water partition coefficient (Wildman–Crippen LogP) is 1.42. The standard InChI is InChI=1S/C9H20N2O/c1-7(2)9(10)11-5-6-12-8(3)4/h7-8H,5-6H2,1-4H3,(H2,10,11). The molecule has 0 saturated carbocycles. The number of nitrogens with two attached hydrogens (primary N) is 1. The lowest BCUT2D eigenvalue weighted by Gasteiger charge is -2.06. The van der Waals surface area contributed by atoms with Gasteiger partial charge in [0.15, 0.2) is 0 Å². The molecule has 0 rings (SSSR count). The second-order valence-corrected chi connectivity index (χ2v) is 3.38. The van der Waals surface area contributed by atoms with Crippen molar-refractivity contribution in [1.29, 1.82) is 0 Å². The first-order valence-electron chi connectivity index (χ1n) is 4.45. The minimum atomic E-state index is 0.278. The molecule has 0 radical (unpaired) electrons. The van der Waals surface area contributed by atoms with Crippen molar-refractivity contribution in [2.75, 3.05) is 13.2 Å². The van der Waals surface area contributed by atoms with Gasteiger partial charge in [0.25, 0.3) is 0 Å². The second kappa shape index (κ2) is 6.00. The molecular weight excluding hydrogens is 152 g/mol.